The Kier molecular flexibility index (Phi) is 9.15. The zero-order valence-electron chi connectivity index (χ0n) is 17.6. The molecule has 238 valence electrons. The van der Waals surface area contributed by atoms with E-state index in [1.54, 1.807) is 6.58 Å². The Hall–Kier alpha value is -2.20. The van der Waals surface area contributed by atoms with Gasteiger partial charge >= 0.3 is 65.4 Å². The van der Waals surface area contributed by atoms with Crippen molar-refractivity contribution in [3.8, 4) is 0 Å². The van der Waals surface area contributed by atoms with E-state index in [9.17, 15) is 105 Å². The minimum Gasteiger partial charge on any atom is -0.205 e. The van der Waals surface area contributed by atoms with Crippen LogP contribution in [0.1, 0.15) is 6.42 Å². The lowest BCUT2D eigenvalue weighted by molar-refractivity contribution is -0.439. The van der Waals surface area contributed by atoms with Crippen LogP contribution in [-0.4, -0.2) is 65.4 Å². The van der Waals surface area contributed by atoms with E-state index in [0.717, 1.165) is 0 Å². The van der Waals surface area contributed by atoms with Crippen LogP contribution in [0, 0.1) is 0 Å². The molecule has 0 rings (SSSR count). The minimum absolute atomic E-state index is 1.51. The number of hydrogen-bond donors (Lipinski definition) is 0. The summed E-state index contributed by atoms with van der Waals surface area (Å²) in [6.07, 6.45) is -15.8. The van der Waals surface area contributed by atoms with Crippen molar-refractivity contribution in [1.29, 1.82) is 0 Å². The van der Waals surface area contributed by atoms with Crippen LogP contribution in [0.5, 0.6) is 0 Å². The van der Waals surface area contributed by atoms with E-state index in [1.165, 1.54) is 0 Å². The van der Waals surface area contributed by atoms with Crippen molar-refractivity contribution in [1.82, 2.24) is 0 Å². The lowest BCUT2D eigenvalue weighted by atomic mass is 9.91. The number of rotatable bonds is 12. The van der Waals surface area contributed by atoms with Crippen molar-refractivity contribution in [3.05, 3.63) is 24.6 Å². The van der Waals surface area contributed by atoms with E-state index in [4.69, 9.17) is 0 Å². The van der Waals surface area contributed by atoms with Crippen LogP contribution < -0.4 is 0 Å². The highest BCUT2D eigenvalue weighted by molar-refractivity contribution is 5.21. The summed E-state index contributed by atoms with van der Waals surface area (Å²) in [4.78, 5) is 0. The molecule has 0 atom stereocenters. The van der Waals surface area contributed by atoms with E-state index in [1.807, 2.05) is 0 Å². The molecule has 0 saturated carbocycles. The van der Waals surface area contributed by atoms with Crippen LogP contribution in [0.15, 0.2) is 24.6 Å². The van der Waals surface area contributed by atoms with Gasteiger partial charge in [0.2, 0.25) is 0 Å². The van der Waals surface area contributed by atoms with Crippen molar-refractivity contribution >= 4 is 0 Å². The van der Waals surface area contributed by atoms with Crippen LogP contribution >= 0.6 is 0 Å². The Morgan fingerprint density at radius 2 is 0.775 bits per heavy atom. The first kappa shape index (κ1) is 37.8. The molecule has 24 heteroatoms. The maximum Gasteiger partial charge on any atom is 0.460 e. The summed E-state index contributed by atoms with van der Waals surface area (Å²) in [5.74, 6) is -83.8. The average molecular weight is 654 g/mol. The second kappa shape index (κ2) is 9.68. The SMILES string of the molecule is C=CC(F)(F)C(F)(F)C(F)(F)C(F)(F)C(F)(F)C(F)=CCC(F)(F)C(F)(F)C(F)(F)C(F)(F)C(F)(F)C(F)(F)F. The molecule has 0 N–H and O–H groups in total. The fourth-order valence-electron chi connectivity index (χ4n) is 2.16. The normalized spacial score (nSPS) is 16.9. The maximum atomic E-state index is 13.5. The van der Waals surface area contributed by atoms with Crippen molar-refractivity contribution < 1.29 is 105 Å². The van der Waals surface area contributed by atoms with Gasteiger partial charge in [-0.15, -0.1) is 0 Å². The number of alkyl halides is 23. The van der Waals surface area contributed by atoms with E-state index in [-0.39, 0.29) is 0 Å². The van der Waals surface area contributed by atoms with Gasteiger partial charge in [0.1, 0.15) is 0 Å². The molecular formula is C16H6F24. The van der Waals surface area contributed by atoms with Gasteiger partial charge in [-0.05, 0) is 12.2 Å². The molecule has 0 radical (unpaired) electrons. The van der Waals surface area contributed by atoms with Gasteiger partial charge in [0.05, 0.1) is 0 Å². The molecule has 0 nitrogen and oxygen atoms in total. The van der Waals surface area contributed by atoms with Crippen LogP contribution in [0.25, 0.3) is 0 Å². The van der Waals surface area contributed by atoms with E-state index >= 15 is 0 Å². The third kappa shape index (κ3) is 4.93. The molecule has 0 unspecified atom stereocenters. The standard InChI is InChI=1S/C16H6F24/c1-2-6(18,19)9(24,25)12(30,31)11(28,29)8(22,23)5(17)3-4-7(20,21)10(26,27)13(32,33)14(34,35)15(36,37)16(38,39)40/h2-3H,1,4H2. The van der Waals surface area contributed by atoms with Gasteiger partial charge in [-0.3, -0.25) is 0 Å². The van der Waals surface area contributed by atoms with Gasteiger partial charge in [0.25, 0.3) is 0 Å². The molecule has 0 amide bonds. The van der Waals surface area contributed by atoms with Crippen molar-refractivity contribution in [2.24, 2.45) is 0 Å². The van der Waals surface area contributed by atoms with E-state index < -0.39 is 89.8 Å². The third-order valence-corrected chi connectivity index (χ3v) is 4.69. The molecule has 0 spiro atoms. The molecule has 0 aliphatic carbocycles. The van der Waals surface area contributed by atoms with Gasteiger partial charge in [-0.1, -0.05) is 6.58 Å². The summed E-state index contributed by atoms with van der Waals surface area (Å²) in [6, 6.07) is 0. The predicted molar refractivity (Wildman–Crippen MR) is 79.5 cm³/mol. The molecule has 0 aliphatic rings. The molecule has 0 fully saturated rings. The second-order valence-electron chi connectivity index (χ2n) is 7.38. The zero-order chi connectivity index (χ0) is 33.2. The Bertz CT molecular complexity index is 962. The fourth-order valence-corrected chi connectivity index (χ4v) is 2.16. The first-order valence-electron chi connectivity index (χ1n) is 8.78. The Morgan fingerprint density at radius 3 is 1.10 bits per heavy atom. The molecule has 0 aromatic heterocycles. The molecule has 0 bridgehead atoms. The van der Waals surface area contributed by atoms with Crippen molar-refractivity contribution in [3.63, 3.8) is 0 Å². The largest absolute Gasteiger partial charge is 0.460 e. The summed E-state index contributed by atoms with van der Waals surface area (Å²) >= 11 is 0. The van der Waals surface area contributed by atoms with E-state index in [0.29, 0.717) is 0 Å². The van der Waals surface area contributed by atoms with Crippen LogP contribution in [0.3, 0.4) is 0 Å². The van der Waals surface area contributed by atoms with Gasteiger partial charge in [-0.2, -0.15) is 101 Å². The van der Waals surface area contributed by atoms with Crippen molar-refractivity contribution in [2.45, 2.75) is 71.8 Å². The smallest absolute Gasteiger partial charge is 0.205 e. The summed E-state index contributed by atoms with van der Waals surface area (Å²) in [7, 11) is 0. The summed E-state index contributed by atoms with van der Waals surface area (Å²) in [5, 5.41) is 0. The lowest BCUT2D eigenvalue weighted by Gasteiger charge is -2.39. The maximum absolute atomic E-state index is 13.5. The lowest BCUT2D eigenvalue weighted by Crippen LogP contribution is -2.70. The van der Waals surface area contributed by atoms with Gasteiger partial charge in [0.15, 0.2) is 5.83 Å². The third-order valence-electron chi connectivity index (χ3n) is 4.69. The Balaban J connectivity index is 6.69. The topological polar surface area (TPSA) is 0 Å². The molecule has 40 heavy (non-hydrogen) atoms. The monoisotopic (exact) mass is 654 g/mol. The molecular weight excluding hydrogens is 648 g/mol. The minimum atomic E-state index is -8.55. The van der Waals surface area contributed by atoms with Gasteiger partial charge < -0.3 is 0 Å². The fraction of sp³-hybridized carbons (Fsp3) is 0.750. The highest BCUT2D eigenvalue weighted by Crippen LogP contribution is 2.62. The highest BCUT2D eigenvalue weighted by atomic mass is 19.4. The van der Waals surface area contributed by atoms with Crippen LogP contribution in [0.4, 0.5) is 105 Å². The highest BCUT2D eigenvalue weighted by Gasteiger charge is 2.91. The first-order chi connectivity index (χ1) is 16.9. The summed E-state index contributed by atoms with van der Waals surface area (Å²) in [6.45, 7) is 1.78. The summed E-state index contributed by atoms with van der Waals surface area (Å²) < 4.78 is 314. The molecule has 0 saturated heterocycles. The first-order valence-corrected chi connectivity index (χ1v) is 8.78. The Labute approximate surface area is 203 Å². The number of halogens is 24. The molecule has 0 heterocycles. The molecule has 0 aliphatic heterocycles. The predicted octanol–water partition coefficient (Wildman–Crippen LogP) is 9.33. The van der Waals surface area contributed by atoms with Gasteiger partial charge in [-0.25, -0.2) is 4.39 Å². The summed E-state index contributed by atoms with van der Waals surface area (Å²) in [5.41, 5.74) is 0. The van der Waals surface area contributed by atoms with Crippen molar-refractivity contribution in [2.75, 3.05) is 0 Å². The number of hydrogen-bond acceptors (Lipinski definition) is 0. The van der Waals surface area contributed by atoms with Gasteiger partial charge in [0, 0.05) is 6.42 Å². The molecule has 0 aromatic rings. The quantitative estimate of drug-likeness (QED) is 0.145. The van der Waals surface area contributed by atoms with E-state index in [2.05, 4.69) is 0 Å². The second-order valence-corrected chi connectivity index (χ2v) is 7.38. The number of allylic oxidation sites excluding steroid dienone is 3. The average Bonchev–Trinajstić information content (AvgIpc) is 2.75. The van der Waals surface area contributed by atoms with Crippen LogP contribution in [-0.2, 0) is 0 Å². The Morgan fingerprint density at radius 1 is 0.450 bits per heavy atom. The molecule has 0 aromatic carbocycles. The zero-order valence-corrected chi connectivity index (χ0v) is 17.6. The van der Waals surface area contributed by atoms with Crippen LogP contribution in [0.2, 0.25) is 0 Å².